The standard InChI is InChI=1S/C20H24N4O2S2/c1-12(2)10-21-17-14(18(25)23-8-6-5-7-16(23)22-17)9-15-19(26)24(11-13(3)4)20(27)28-15/h5-9,12-13,21H,10-11H2,1-4H3/b15-9+. The monoisotopic (exact) mass is 416 g/mol. The van der Waals surface area contributed by atoms with Crippen LogP contribution in [0.3, 0.4) is 0 Å². The van der Waals surface area contributed by atoms with Crippen molar-refractivity contribution in [3.05, 3.63) is 45.2 Å². The lowest BCUT2D eigenvalue weighted by Gasteiger charge is -2.16. The van der Waals surface area contributed by atoms with Crippen molar-refractivity contribution in [3.8, 4) is 0 Å². The molecule has 1 fully saturated rings. The summed E-state index contributed by atoms with van der Waals surface area (Å²) in [5.74, 6) is 1.02. The van der Waals surface area contributed by atoms with E-state index in [0.29, 0.717) is 51.2 Å². The Labute approximate surface area is 174 Å². The number of fused-ring (bicyclic) bond motifs is 1. The maximum absolute atomic E-state index is 13.1. The van der Waals surface area contributed by atoms with Gasteiger partial charge in [-0.15, -0.1) is 0 Å². The van der Waals surface area contributed by atoms with E-state index < -0.39 is 0 Å². The lowest BCUT2D eigenvalue weighted by Crippen LogP contribution is -2.31. The topological polar surface area (TPSA) is 66.7 Å². The first kappa shape index (κ1) is 20.5. The number of nitrogens with zero attached hydrogens (tertiary/aromatic N) is 3. The normalized spacial score (nSPS) is 16.2. The van der Waals surface area contributed by atoms with Crippen LogP contribution in [0, 0.1) is 11.8 Å². The van der Waals surface area contributed by atoms with E-state index in [4.69, 9.17) is 12.2 Å². The number of amides is 1. The molecule has 1 N–H and O–H groups in total. The summed E-state index contributed by atoms with van der Waals surface area (Å²) in [5, 5.41) is 3.25. The van der Waals surface area contributed by atoms with E-state index in [1.54, 1.807) is 29.3 Å². The molecule has 0 atom stereocenters. The van der Waals surface area contributed by atoms with E-state index >= 15 is 0 Å². The van der Waals surface area contributed by atoms with Crippen molar-refractivity contribution in [1.29, 1.82) is 0 Å². The number of thioether (sulfide) groups is 1. The Balaban J connectivity index is 2.08. The molecule has 2 aromatic heterocycles. The summed E-state index contributed by atoms with van der Waals surface area (Å²) in [6, 6.07) is 5.40. The first-order chi connectivity index (χ1) is 13.3. The second kappa shape index (κ2) is 8.45. The molecule has 0 aliphatic carbocycles. The summed E-state index contributed by atoms with van der Waals surface area (Å²) in [4.78, 5) is 32.6. The third kappa shape index (κ3) is 4.28. The molecule has 28 heavy (non-hydrogen) atoms. The summed E-state index contributed by atoms with van der Waals surface area (Å²) in [6.45, 7) is 9.47. The molecule has 0 saturated carbocycles. The van der Waals surface area contributed by atoms with Crippen LogP contribution in [0.1, 0.15) is 33.3 Å². The maximum atomic E-state index is 13.1. The van der Waals surface area contributed by atoms with Gasteiger partial charge in [0.25, 0.3) is 11.5 Å². The number of pyridine rings is 1. The Hall–Kier alpha value is -2.19. The second-order valence-electron chi connectivity index (χ2n) is 7.57. The van der Waals surface area contributed by atoms with Crippen molar-refractivity contribution >= 4 is 51.7 Å². The molecule has 8 heteroatoms. The smallest absolute Gasteiger partial charge is 0.267 e. The van der Waals surface area contributed by atoms with Crippen molar-refractivity contribution in [1.82, 2.24) is 14.3 Å². The van der Waals surface area contributed by atoms with Crippen molar-refractivity contribution in [2.45, 2.75) is 27.7 Å². The van der Waals surface area contributed by atoms with Gasteiger partial charge in [0.2, 0.25) is 0 Å². The summed E-state index contributed by atoms with van der Waals surface area (Å²) < 4.78 is 2.01. The Bertz CT molecular complexity index is 1010. The van der Waals surface area contributed by atoms with Crippen molar-refractivity contribution < 1.29 is 4.79 Å². The van der Waals surface area contributed by atoms with Crippen LogP contribution >= 0.6 is 24.0 Å². The second-order valence-corrected chi connectivity index (χ2v) is 9.24. The molecule has 0 unspecified atom stereocenters. The average molecular weight is 417 g/mol. The number of nitrogens with one attached hydrogen (secondary N) is 1. The van der Waals surface area contributed by atoms with Crippen LogP contribution in [0.15, 0.2) is 34.1 Å². The van der Waals surface area contributed by atoms with Gasteiger partial charge in [0.15, 0.2) is 0 Å². The number of hydrogen-bond acceptors (Lipinski definition) is 6. The fourth-order valence-corrected chi connectivity index (χ4v) is 4.08. The number of rotatable bonds is 6. The van der Waals surface area contributed by atoms with Gasteiger partial charge in [0, 0.05) is 19.3 Å². The summed E-state index contributed by atoms with van der Waals surface area (Å²) >= 11 is 6.60. The lowest BCUT2D eigenvalue weighted by atomic mass is 10.2. The summed E-state index contributed by atoms with van der Waals surface area (Å²) in [5.41, 5.74) is 0.712. The Kier molecular flexibility index (Phi) is 6.20. The van der Waals surface area contributed by atoms with Crippen LogP contribution in [-0.2, 0) is 4.79 Å². The largest absolute Gasteiger partial charge is 0.369 e. The minimum absolute atomic E-state index is 0.156. The van der Waals surface area contributed by atoms with Crippen LogP contribution < -0.4 is 10.9 Å². The van der Waals surface area contributed by atoms with E-state index in [9.17, 15) is 9.59 Å². The highest BCUT2D eigenvalue weighted by Crippen LogP contribution is 2.33. The summed E-state index contributed by atoms with van der Waals surface area (Å²) in [6.07, 6.45) is 3.30. The van der Waals surface area contributed by atoms with Crippen LogP contribution in [0.4, 0.5) is 5.82 Å². The predicted octanol–water partition coefficient (Wildman–Crippen LogP) is 3.62. The molecule has 1 amide bonds. The van der Waals surface area contributed by atoms with E-state index in [1.165, 1.54) is 16.2 Å². The molecule has 0 aromatic carbocycles. The molecular weight excluding hydrogens is 392 g/mol. The number of carbonyl (C=O) groups is 1. The third-order valence-electron chi connectivity index (χ3n) is 4.14. The van der Waals surface area contributed by atoms with Gasteiger partial charge in [-0.05, 0) is 30.0 Å². The molecule has 0 bridgehead atoms. The molecule has 0 spiro atoms. The highest BCUT2D eigenvalue weighted by atomic mass is 32.2. The zero-order valence-corrected chi connectivity index (χ0v) is 18.1. The molecule has 3 heterocycles. The zero-order chi connectivity index (χ0) is 20.4. The first-order valence-electron chi connectivity index (χ1n) is 9.28. The molecule has 1 aliphatic heterocycles. The predicted molar refractivity (Wildman–Crippen MR) is 120 cm³/mol. The fraction of sp³-hybridized carbons (Fsp3) is 0.400. The van der Waals surface area contributed by atoms with Gasteiger partial charge in [0.05, 0.1) is 10.5 Å². The van der Waals surface area contributed by atoms with Crippen molar-refractivity contribution in [3.63, 3.8) is 0 Å². The molecule has 1 saturated heterocycles. The van der Waals surface area contributed by atoms with E-state index in [1.807, 2.05) is 19.9 Å². The van der Waals surface area contributed by atoms with Crippen molar-refractivity contribution in [2.75, 3.05) is 18.4 Å². The number of carbonyl (C=O) groups excluding carboxylic acids is 1. The number of hydrogen-bond donors (Lipinski definition) is 1. The maximum Gasteiger partial charge on any atom is 0.267 e. The SMILES string of the molecule is CC(C)CNc1nc2ccccn2c(=O)c1/C=C1/SC(=S)N(CC(C)C)C1=O. The number of aromatic nitrogens is 2. The molecule has 0 radical (unpaired) electrons. The average Bonchev–Trinajstić information content (AvgIpc) is 2.89. The van der Waals surface area contributed by atoms with E-state index in [2.05, 4.69) is 24.1 Å². The number of anilines is 1. The highest BCUT2D eigenvalue weighted by molar-refractivity contribution is 8.26. The van der Waals surface area contributed by atoms with Crippen LogP contribution in [0.25, 0.3) is 11.7 Å². The fourth-order valence-electron chi connectivity index (χ4n) is 2.82. The molecule has 3 rings (SSSR count). The zero-order valence-electron chi connectivity index (χ0n) is 16.4. The minimum Gasteiger partial charge on any atom is -0.369 e. The minimum atomic E-state index is -0.217. The van der Waals surface area contributed by atoms with Gasteiger partial charge in [-0.1, -0.05) is 57.7 Å². The van der Waals surface area contributed by atoms with Crippen molar-refractivity contribution in [2.24, 2.45) is 11.8 Å². The Morgan fingerprint density at radius 2 is 1.96 bits per heavy atom. The number of thiocarbonyl (C=S) groups is 1. The molecule has 1 aliphatic rings. The van der Waals surface area contributed by atoms with Gasteiger partial charge < -0.3 is 5.32 Å². The Morgan fingerprint density at radius 3 is 2.64 bits per heavy atom. The molecular formula is C20H24N4O2S2. The highest BCUT2D eigenvalue weighted by Gasteiger charge is 2.32. The third-order valence-corrected chi connectivity index (χ3v) is 5.52. The van der Waals surface area contributed by atoms with Gasteiger partial charge in [-0.3, -0.25) is 18.9 Å². The van der Waals surface area contributed by atoms with Crippen LogP contribution in [0.2, 0.25) is 0 Å². The quantitative estimate of drug-likeness (QED) is 0.573. The summed E-state index contributed by atoms with van der Waals surface area (Å²) in [7, 11) is 0. The van der Waals surface area contributed by atoms with E-state index in [-0.39, 0.29) is 11.5 Å². The Morgan fingerprint density at radius 1 is 1.21 bits per heavy atom. The van der Waals surface area contributed by atoms with Gasteiger partial charge in [-0.2, -0.15) is 0 Å². The first-order valence-corrected chi connectivity index (χ1v) is 10.5. The molecule has 6 nitrogen and oxygen atoms in total. The van der Waals surface area contributed by atoms with Crippen LogP contribution in [0.5, 0.6) is 0 Å². The van der Waals surface area contributed by atoms with Gasteiger partial charge >= 0.3 is 0 Å². The van der Waals surface area contributed by atoms with Crippen LogP contribution in [-0.4, -0.2) is 37.6 Å². The van der Waals surface area contributed by atoms with Gasteiger partial charge in [0.1, 0.15) is 15.8 Å². The lowest BCUT2D eigenvalue weighted by molar-refractivity contribution is -0.122. The molecule has 148 valence electrons. The molecule has 2 aromatic rings. The van der Waals surface area contributed by atoms with Gasteiger partial charge in [-0.25, -0.2) is 4.98 Å². The van der Waals surface area contributed by atoms with E-state index in [0.717, 1.165) is 0 Å².